The van der Waals surface area contributed by atoms with Crippen LogP contribution in [0.5, 0.6) is 11.5 Å². The lowest BCUT2D eigenvalue weighted by atomic mass is 9.93. The number of pyridine rings is 1. The van der Waals surface area contributed by atoms with Crippen LogP contribution < -0.4 is 25.4 Å². The first kappa shape index (κ1) is 38.0. The Bertz CT molecular complexity index is 1990. The van der Waals surface area contributed by atoms with Crippen LogP contribution in [0.25, 0.3) is 22.3 Å². The topological polar surface area (TPSA) is 181 Å². The minimum atomic E-state index is -1.45. The number of nitrogens with zero attached hydrogens (tertiary/aromatic N) is 3. The van der Waals surface area contributed by atoms with Crippen LogP contribution in [0.1, 0.15) is 89.9 Å². The molecular formula is C41H50N6O8S. The summed E-state index contributed by atoms with van der Waals surface area (Å²) in [5.74, 6) is -1.33. The number of benzene rings is 1. The molecule has 15 heteroatoms. The number of carboxylic acids is 1. The predicted octanol–water partition coefficient (Wildman–Crippen LogP) is 6.20. The Kier molecular flexibility index (Phi) is 11.0. The smallest absolute Gasteiger partial charge is 0.408 e. The van der Waals surface area contributed by atoms with Crippen LogP contribution in [-0.4, -0.2) is 93.4 Å². The van der Waals surface area contributed by atoms with E-state index in [2.05, 4.69) is 16.0 Å². The second-order valence-electron chi connectivity index (χ2n) is 15.8. The molecule has 5 atom stereocenters. The van der Waals surface area contributed by atoms with Crippen molar-refractivity contribution >= 4 is 51.2 Å². The van der Waals surface area contributed by atoms with Gasteiger partial charge in [0.25, 0.3) is 0 Å². The minimum Gasteiger partial charge on any atom is -0.497 e. The van der Waals surface area contributed by atoms with Gasteiger partial charge in [-0.3, -0.25) is 9.59 Å². The Morgan fingerprint density at radius 1 is 0.982 bits per heavy atom. The van der Waals surface area contributed by atoms with Crippen molar-refractivity contribution in [1.82, 2.24) is 25.5 Å². The van der Waals surface area contributed by atoms with Crippen molar-refractivity contribution in [3.63, 3.8) is 0 Å². The van der Waals surface area contributed by atoms with Crippen molar-refractivity contribution in [2.45, 2.75) is 126 Å². The normalized spacial score (nSPS) is 27.8. The van der Waals surface area contributed by atoms with Crippen molar-refractivity contribution in [1.29, 1.82) is 0 Å². The van der Waals surface area contributed by atoms with E-state index in [-0.39, 0.29) is 31.4 Å². The van der Waals surface area contributed by atoms with Gasteiger partial charge in [0.15, 0.2) is 5.13 Å². The van der Waals surface area contributed by atoms with E-state index in [0.717, 1.165) is 62.9 Å². The summed E-state index contributed by atoms with van der Waals surface area (Å²) in [5.41, 5.74) is 0.465. The highest BCUT2D eigenvalue weighted by molar-refractivity contribution is 7.14. The van der Waals surface area contributed by atoms with Crippen molar-refractivity contribution < 1.29 is 38.5 Å². The second kappa shape index (κ2) is 16.3. The fourth-order valence-electron chi connectivity index (χ4n) is 8.38. The molecule has 3 aromatic rings. The molecule has 0 bridgehead atoms. The van der Waals surface area contributed by atoms with E-state index in [1.54, 1.807) is 7.11 Å². The van der Waals surface area contributed by atoms with Gasteiger partial charge < -0.3 is 40.2 Å². The number of allylic oxidation sites excluding steroid dienone is 1. The van der Waals surface area contributed by atoms with Gasteiger partial charge >= 0.3 is 12.1 Å². The Morgan fingerprint density at radius 2 is 1.80 bits per heavy atom. The number of aromatic nitrogens is 2. The largest absolute Gasteiger partial charge is 0.497 e. The zero-order chi connectivity index (χ0) is 38.8. The number of rotatable bonds is 9. The molecule has 1 aromatic carbocycles. The fraction of sp³-hybridized carbons (Fsp3) is 0.561. The van der Waals surface area contributed by atoms with Crippen molar-refractivity contribution in [3.8, 4) is 22.9 Å². The van der Waals surface area contributed by atoms with Crippen molar-refractivity contribution in [2.75, 3.05) is 19.0 Å². The summed E-state index contributed by atoms with van der Waals surface area (Å²) in [6.07, 6.45) is 13.2. The number of amides is 3. The number of carboxylic acid groups (broad SMARTS) is 1. The number of hydrogen-bond acceptors (Lipinski definition) is 11. The molecule has 3 amide bonds. The number of methoxy groups -OCH3 is 1. The van der Waals surface area contributed by atoms with Crippen LogP contribution >= 0.6 is 11.3 Å². The van der Waals surface area contributed by atoms with Gasteiger partial charge in [-0.15, -0.1) is 11.3 Å². The van der Waals surface area contributed by atoms with E-state index >= 15 is 0 Å². The Morgan fingerprint density at radius 3 is 2.57 bits per heavy atom. The average molecular weight is 787 g/mol. The number of hydrogen-bond donors (Lipinski definition) is 4. The van der Waals surface area contributed by atoms with Crippen LogP contribution in [-0.2, 0) is 19.1 Å². The molecule has 4 N–H and O–H groups in total. The molecule has 0 spiro atoms. The van der Waals surface area contributed by atoms with Gasteiger partial charge in [0, 0.05) is 41.3 Å². The third-order valence-electron chi connectivity index (χ3n) is 12.0. The van der Waals surface area contributed by atoms with Crippen LogP contribution in [0.3, 0.4) is 0 Å². The molecule has 2 aromatic heterocycles. The number of alkyl carbamates (subject to hydrolysis) is 1. The summed E-state index contributed by atoms with van der Waals surface area (Å²) in [7, 11) is 1.59. The summed E-state index contributed by atoms with van der Waals surface area (Å²) in [5, 5.41) is 22.9. The van der Waals surface area contributed by atoms with Gasteiger partial charge in [0.2, 0.25) is 11.8 Å². The standard InChI is InChI=1S/C41H50N6O8S/c1-53-27-16-17-29-31(18-27)43-32(33-23-56-39(44-33)42-25-11-9-12-25)20-35(29)54-28-19-34-36(48)46-41(38(50)51)21-24(41)10-5-3-2-4-6-15-30(37(49)47(34)22-28)45-40(52)55-26-13-7-8-14-26/h5,10,16-18,20,23-26,28,30,34H,2-4,6-9,11-15,19,21-22H2,1H3,(H,42,44)(H,45,52)(H,46,48)(H,50,51)/b10-5-/t24?,28-,30+,34+,41-/m1/s1. The van der Waals surface area contributed by atoms with Gasteiger partial charge in [-0.25, -0.2) is 19.6 Å². The number of carbonyl (C=O) groups excluding carboxylic acids is 3. The average Bonchev–Trinajstić information content (AvgIpc) is 3.61. The maximum atomic E-state index is 14.6. The zero-order valence-electron chi connectivity index (χ0n) is 31.7. The Labute approximate surface area is 329 Å². The van der Waals surface area contributed by atoms with Crippen molar-refractivity contribution in [2.24, 2.45) is 5.92 Å². The summed E-state index contributed by atoms with van der Waals surface area (Å²) in [6, 6.07) is 5.80. The number of nitrogens with one attached hydrogen (secondary N) is 3. The predicted molar refractivity (Wildman–Crippen MR) is 210 cm³/mol. The first-order chi connectivity index (χ1) is 27.2. The highest BCUT2D eigenvalue weighted by Crippen LogP contribution is 2.45. The summed E-state index contributed by atoms with van der Waals surface area (Å²) < 4.78 is 17.9. The molecular weight excluding hydrogens is 737 g/mol. The van der Waals surface area contributed by atoms with Crippen LogP contribution in [0.15, 0.2) is 41.8 Å². The number of carbonyl (C=O) groups is 4. The maximum Gasteiger partial charge on any atom is 0.408 e. The van der Waals surface area contributed by atoms with Crippen molar-refractivity contribution in [3.05, 3.63) is 41.8 Å². The number of anilines is 1. The number of ether oxygens (including phenoxy) is 3. The highest BCUT2D eigenvalue weighted by Gasteiger charge is 2.61. The summed E-state index contributed by atoms with van der Waals surface area (Å²) in [6.45, 7) is 0.0393. The van der Waals surface area contributed by atoms with E-state index in [0.29, 0.717) is 52.7 Å². The van der Waals surface area contributed by atoms with E-state index < -0.39 is 47.6 Å². The Balaban J connectivity index is 1.09. The molecule has 1 unspecified atom stereocenters. The van der Waals surface area contributed by atoms with Gasteiger partial charge in [-0.1, -0.05) is 25.0 Å². The molecule has 14 nitrogen and oxygen atoms in total. The van der Waals surface area contributed by atoms with Gasteiger partial charge in [0.05, 0.1) is 24.9 Å². The first-order valence-corrected chi connectivity index (χ1v) is 20.9. The van der Waals surface area contributed by atoms with Crippen LogP contribution in [0.2, 0.25) is 0 Å². The van der Waals surface area contributed by atoms with Gasteiger partial charge in [0.1, 0.15) is 47.0 Å². The second-order valence-corrected chi connectivity index (χ2v) is 16.7. The monoisotopic (exact) mass is 786 g/mol. The molecule has 2 aliphatic heterocycles. The number of thiazole rings is 1. The molecule has 4 heterocycles. The molecule has 8 rings (SSSR count). The molecule has 56 heavy (non-hydrogen) atoms. The molecule has 0 radical (unpaired) electrons. The summed E-state index contributed by atoms with van der Waals surface area (Å²) in [4.78, 5) is 65.7. The fourth-order valence-corrected chi connectivity index (χ4v) is 9.16. The lowest BCUT2D eigenvalue weighted by Crippen LogP contribution is -2.56. The SMILES string of the molecule is COc1ccc2c(O[C@@H]3C[C@H]4C(=O)N[C@]5(C(=O)O)CC5/C=C\CCCCC[C@H](NC(=O)OC5CCCC5)C(=O)N4C3)cc(-c3csc(NC4CCC4)n3)nc2c1. The molecule has 4 fully saturated rings. The van der Waals surface area contributed by atoms with E-state index in [1.807, 2.05) is 41.8 Å². The first-order valence-electron chi connectivity index (χ1n) is 20.1. The number of fused-ring (bicyclic) bond motifs is 3. The van der Waals surface area contributed by atoms with Crippen LogP contribution in [0, 0.1) is 5.92 Å². The molecule has 298 valence electrons. The van der Waals surface area contributed by atoms with Gasteiger partial charge in [-0.05, 0) is 82.8 Å². The quantitative estimate of drug-likeness (QED) is 0.182. The number of aliphatic carboxylic acids is 1. The minimum absolute atomic E-state index is 0.0393. The lowest BCUT2D eigenvalue weighted by molar-refractivity contribution is -0.145. The van der Waals surface area contributed by atoms with E-state index in [9.17, 15) is 24.3 Å². The summed E-state index contributed by atoms with van der Waals surface area (Å²) >= 11 is 1.52. The van der Waals surface area contributed by atoms with E-state index in [4.69, 9.17) is 24.2 Å². The Hall–Kier alpha value is -4.92. The lowest BCUT2D eigenvalue weighted by Gasteiger charge is -2.29. The third kappa shape index (κ3) is 8.14. The molecule has 1 saturated heterocycles. The van der Waals surface area contributed by atoms with Crippen LogP contribution in [0.4, 0.5) is 9.93 Å². The molecule has 3 aliphatic carbocycles. The highest BCUT2D eigenvalue weighted by atomic mass is 32.1. The van der Waals surface area contributed by atoms with Gasteiger partial charge in [-0.2, -0.15) is 0 Å². The zero-order valence-corrected chi connectivity index (χ0v) is 32.5. The molecule has 3 saturated carbocycles. The maximum absolute atomic E-state index is 14.6. The third-order valence-corrected chi connectivity index (χ3v) is 12.7. The van der Waals surface area contributed by atoms with E-state index in [1.165, 1.54) is 22.7 Å². The molecule has 5 aliphatic rings.